The molecule has 1 saturated heterocycles. The average molecular weight is 255 g/mol. The van der Waals surface area contributed by atoms with Crippen LogP contribution >= 0.6 is 0 Å². The van der Waals surface area contributed by atoms with E-state index in [0.29, 0.717) is 0 Å². The zero-order valence-corrected chi connectivity index (χ0v) is 10.8. The normalized spacial score (nSPS) is 16.1. The van der Waals surface area contributed by atoms with Crippen molar-refractivity contribution in [2.24, 2.45) is 5.41 Å². The van der Waals surface area contributed by atoms with Crippen LogP contribution in [0.5, 0.6) is 0 Å². The highest BCUT2D eigenvalue weighted by Gasteiger charge is 2.40. The zero-order chi connectivity index (χ0) is 13.9. The number of esters is 1. The standard InChI is InChI=1S/C12H17NO5/c1-4-18-11(17)12(2,3)8(14)7-13-9(15)5-6-10(13)16/h4-7H2,1-3H3. The van der Waals surface area contributed by atoms with Gasteiger partial charge in [0.2, 0.25) is 11.8 Å². The van der Waals surface area contributed by atoms with Gasteiger partial charge in [0, 0.05) is 12.8 Å². The second kappa shape index (κ2) is 5.29. The van der Waals surface area contributed by atoms with Gasteiger partial charge in [0.05, 0.1) is 13.2 Å². The Kier molecular flexibility index (Phi) is 4.21. The highest BCUT2D eigenvalue weighted by Crippen LogP contribution is 2.21. The van der Waals surface area contributed by atoms with Gasteiger partial charge in [-0.25, -0.2) is 0 Å². The number of ether oxygens (including phenoxy) is 1. The molecule has 100 valence electrons. The number of amides is 2. The number of likely N-dealkylation sites (tertiary alicyclic amines) is 1. The van der Waals surface area contributed by atoms with Crippen molar-refractivity contribution in [2.45, 2.75) is 33.6 Å². The van der Waals surface area contributed by atoms with E-state index < -0.39 is 17.2 Å². The van der Waals surface area contributed by atoms with Crippen molar-refractivity contribution in [1.29, 1.82) is 0 Å². The first-order chi connectivity index (χ1) is 8.30. The molecule has 0 atom stereocenters. The number of carbonyl (C=O) groups excluding carboxylic acids is 4. The summed E-state index contributed by atoms with van der Waals surface area (Å²) in [5, 5.41) is 0. The first-order valence-electron chi connectivity index (χ1n) is 5.84. The van der Waals surface area contributed by atoms with Crippen LogP contribution in [0.2, 0.25) is 0 Å². The predicted molar refractivity (Wildman–Crippen MR) is 61.4 cm³/mol. The van der Waals surface area contributed by atoms with Gasteiger partial charge in [0.1, 0.15) is 5.41 Å². The fraction of sp³-hybridized carbons (Fsp3) is 0.667. The third kappa shape index (κ3) is 2.75. The van der Waals surface area contributed by atoms with Gasteiger partial charge in [-0.05, 0) is 20.8 Å². The molecule has 1 heterocycles. The van der Waals surface area contributed by atoms with Gasteiger partial charge in [-0.2, -0.15) is 0 Å². The second-order valence-corrected chi connectivity index (χ2v) is 4.64. The third-order valence-electron chi connectivity index (χ3n) is 2.94. The van der Waals surface area contributed by atoms with E-state index in [2.05, 4.69) is 0 Å². The van der Waals surface area contributed by atoms with E-state index in [1.165, 1.54) is 13.8 Å². The molecule has 0 N–H and O–H groups in total. The smallest absolute Gasteiger partial charge is 0.319 e. The fourth-order valence-electron chi connectivity index (χ4n) is 1.57. The quantitative estimate of drug-likeness (QED) is 0.401. The number of nitrogens with zero attached hydrogens (tertiary/aromatic N) is 1. The zero-order valence-electron chi connectivity index (χ0n) is 10.8. The van der Waals surface area contributed by atoms with Crippen molar-refractivity contribution >= 4 is 23.6 Å². The molecule has 0 aromatic carbocycles. The van der Waals surface area contributed by atoms with Crippen LogP contribution in [0.1, 0.15) is 33.6 Å². The lowest BCUT2D eigenvalue weighted by Crippen LogP contribution is -2.44. The molecular weight excluding hydrogens is 238 g/mol. The van der Waals surface area contributed by atoms with Gasteiger partial charge < -0.3 is 4.74 Å². The van der Waals surface area contributed by atoms with Crippen molar-refractivity contribution in [3.8, 4) is 0 Å². The van der Waals surface area contributed by atoms with E-state index in [1.54, 1.807) is 6.92 Å². The van der Waals surface area contributed by atoms with E-state index in [9.17, 15) is 19.2 Å². The molecule has 0 radical (unpaired) electrons. The molecule has 18 heavy (non-hydrogen) atoms. The topological polar surface area (TPSA) is 80.8 Å². The number of Topliss-reactive ketones (excluding diaryl/α,β-unsaturated/α-hetero) is 1. The molecule has 2 amide bonds. The Morgan fingerprint density at radius 3 is 2.17 bits per heavy atom. The molecular formula is C12H17NO5. The van der Waals surface area contributed by atoms with Gasteiger partial charge in [-0.3, -0.25) is 24.1 Å². The van der Waals surface area contributed by atoms with E-state index in [-0.39, 0.29) is 37.8 Å². The van der Waals surface area contributed by atoms with Crippen LogP contribution in [0.25, 0.3) is 0 Å². The van der Waals surface area contributed by atoms with Crippen LogP contribution in [-0.2, 0) is 23.9 Å². The minimum atomic E-state index is -1.35. The summed E-state index contributed by atoms with van der Waals surface area (Å²) in [7, 11) is 0. The van der Waals surface area contributed by atoms with Gasteiger partial charge >= 0.3 is 5.97 Å². The lowest BCUT2D eigenvalue weighted by molar-refractivity contribution is -0.159. The Hall–Kier alpha value is -1.72. The molecule has 0 aromatic heterocycles. The van der Waals surface area contributed by atoms with Crippen LogP contribution < -0.4 is 0 Å². The van der Waals surface area contributed by atoms with Crippen molar-refractivity contribution in [3.05, 3.63) is 0 Å². The van der Waals surface area contributed by atoms with Gasteiger partial charge in [0.25, 0.3) is 0 Å². The molecule has 1 aliphatic rings. The monoisotopic (exact) mass is 255 g/mol. The lowest BCUT2D eigenvalue weighted by Gasteiger charge is -2.23. The molecule has 1 fully saturated rings. The molecule has 6 heteroatoms. The number of hydrogen-bond donors (Lipinski definition) is 0. The molecule has 0 bridgehead atoms. The highest BCUT2D eigenvalue weighted by molar-refractivity contribution is 6.09. The molecule has 6 nitrogen and oxygen atoms in total. The Bertz CT molecular complexity index is 383. The van der Waals surface area contributed by atoms with Crippen molar-refractivity contribution in [3.63, 3.8) is 0 Å². The molecule has 0 aliphatic carbocycles. The van der Waals surface area contributed by atoms with Crippen LogP contribution in [0.3, 0.4) is 0 Å². The Balaban J connectivity index is 2.72. The number of ketones is 1. The summed E-state index contributed by atoms with van der Waals surface area (Å²) in [6.45, 7) is 4.32. The summed E-state index contributed by atoms with van der Waals surface area (Å²) in [5.74, 6) is -1.88. The van der Waals surface area contributed by atoms with Crippen molar-refractivity contribution in [1.82, 2.24) is 4.90 Å². The summed E-state index contributed by atoms with van der Waals surface area (Å²) in [5.41, 5.74) is -1.35. The van der Waals surface area contributed by atoms with Crippen molar-refractivity contribution < 1.29 is 23.9 Å². The highest BCUT2D eigenvalue weighted by atomic mass is 16.5. The summed E-state index contributed by atoms with van der Waals surface area (Å²) in [6.07, 6.45) is 0.262. The third-order valence-corrected chi connectivity index (χ3v) is 2.94. The van der Waals surface area contributed by atoms with E-state index in [1.807, 2.05) is 0 Å². The maximum atomic E-state index is 12.0. The summed E-state index contributed by atoms with van der Waals surface area (Å²) >= 11 is 0. The van der Waals surface area contributed by atoms with Gasteiger partial charge in [0.15, 0.2) is 5.78 Å². The minimum absolute atomic E-state index is 0.131. The largest absolute Gasteiger partial charge is 0.465 e. The van der Waals surface area contributed by atoms with Crippen LogP contribution in [0.4, 0.5) is 0 Å². The maximum absolute atomic E-state index is 12.0. The lowest BCUT2D eigenvalue weighted by atomic mass is 9.88. The van der Waals surface area contributed by atoms with Crippen molar-refractivity contribution in [2.75, 3.05) is 13.2 Å². The van der Waals surface area contributed by atoms with Crippen LogP contribution in [-0.4, -0.2) is 41.6 Å². The summed E-state index contributed by atoms with van der Waals surface area (Å²) in [6, 6.07) is 0. The Morgan fingerprint density at radius 1 is 1.22 bits per heavy atom. The molecule has 0 aromatic rings. The van der Waals surface area contributed by atoms with Crippen LogP contribution in [0.15, 0.2) is 0 Å². The Morgan fingerprint density at radius 2 is 1.72 bits per heavy atom. The molecule has 0 spiro atoms. The average Bonchev–Trinajstić information content (AvgIpc) is 2.61. The fourth-order valence-corrected chi connectivity index (χ4v) is 1.57. The first kappa shape index (κ1) is 14.3. The first-order valence-corrected chi connectivity index (χ1v) is 5.84. The summed E-state index contributed by atoms with van der Waals surface area (Å²) in [4.78, 5) is 47.3. The number of carbonyl (C=O) groups is 4. The number of imide groups is 1. The molecule has 0 saturated carbocycles. The second-order valence-electron chi connectivity index (χ2n) is 4.64. The van der Waals surface area contributed by atoms with Gasteiger partial charge in [-0.15, -0.1) is 0 Å². The molecule has 1 rings (SSSR count). The van der Waals surface area contributed by atoms with E-state index >= 15 is 0 Å². The SMILES string of the molecule is CCOC(=O)C(C)(C)C(=O)CN1C(=O)CCC1=O. The van der Waals surface area contributed by atoms with Gasteiger partial charge in [-0.1, -0.05) is 0 Å². The van der Waals surface area contributed by atoms with Crippen LogP contribution in [0, 0.1) is 5.41 Å². The predicted octanol–water partition coefficient (Wildman–Crippen LogP) is 0.294. The summed E-state index contributed by atoms with van der Waals surface area (Å²) < 4.78 is 4.80. The molecule has 1 aliphatic heterocycles. The molecule has 0 unspecified atom stereocenters. The number of hydrogen-bond acceptors (Lipinski definition) is 5. The number of rotatable bonds is 5. The maximum Gasteiger partial charge on any atom is 0.319 e. The Labute approximate surface area is 105 Å². The van der Waals surface area contributed by atoms with E-state index in [0.717, 1.165) is 4.90 Å². The van der Waals surface area contributed by atoms with E-state index in [4.69, 9.17) is 4.74 Å². The minimum Gasteiger partial charge on any atom is -0.465 e.